The van der Waals surface area contributed by atoms with E-state index in [0.29, 0.717) is 0 Å². The first kappa shape index (κ1) is 10.9. The summed E-state index contributed by atoms with van der Waals surface area (Å²) in [4.78, 5) is 0. The molecule has 0 saturated carbocycles. The van der Waals surface area contributed by atoms with E-state index in [1.165, 1.54) is 5.56 Å². The molecule has 5 heteroatoms. The average molecular weight is 257 g/mol. The molecule has 1 aromatic heterocycles. The Morgan fingerprint density at radius 3 is 2.93 bits per heavy atom. The van der Waals surface area contributed by atoms with E-state index in [1.54, 1.807) is 23.1 Å². The fourth-order valence-corrected chi connectivity index (χ4v) is 3.08. The van der Waals surface area contributed by atoms with E-state index >= 15 is 0 Å². The van der Waals surface area contributed by atoms with Gasteiger partial charge >= 0.3 is 0 Å². The van der Waals surface area contributed by atoms with Gasteiger partial charge in [0.1, 0.15) is 5.01 Å². The van der Waals surface area contributed by atoms with Crippen LogP contribution in [0.1, 0.15) is 10.6 Å². The Labute approximate surface area is 102 Å². The van der Waals surface area contributed by atoms with Crippen LogP contribution in [0.25, 0.3) is 0 Å². The van der Waals surface area contributed by atoms with Gasteiger partial charge in [0, 0.05) is 10.8 Å². The van der Waals surface area contributed by atoms with Crippen LogP contribution in [0.2, 0.25) is 5.02 Å². The van der Waals surface area contributed by atoms with Gasteiger partial charge in [-0.25, -0.2) is 0 Å². The summed E-state index contributed by atoms with van der Waals surface area (Å²) < 4.78 is 1.01. The zero-order chi connectivity index (χ0) is 10.7. The number of hydrogen-bond acceptors (Lipinski definition) is 4. The second-order valence-electron chi connectivity index (χ2n) is 3.01. The van der Waals surface area contributed by atoms with Gasteiger partial charge in [0.2, 0.25) is 0 Å². The predicted octanol–water partition coefficient (Wildman–Crippen LogP) is 3.79. The molecule has 0 fully saturated rings. The maximum absolute atomic E-state index is 5.90. The van der Waals surface area contributed by atoms with Gasteiger partial charge in [-0.1, -0.05) is 46.8 Å². The zero-order valence-corrected chi connectivity index (χ0v) is 10.5. The first-order valence-corrected chi connectivity index (χ1v) is 6.59. The summed E-state index contributed by atoms with van der Waals surface area (Å²) in [6.45, 7) is 1.96. The molecule has 0 N–H and O–H groups in total. The molecule has 0 radical (unpaired) electrons. The van der Waals surface area contributed by atoms with Gasteiger partial charge in [0.25, 0.3) is 0 Å². The molecule has 0 atom stereocenters. The first-order chi connectivity index (χ1) is 7.24. The number of nitrogens with zero attached hydrogens (tertiary/aromatic N) is 2. The van der Waals surface area contributed by atoms with E-state index in [4.69, 9.17) is 11.6 Å². The zero-order valence-electron chi connectivity index (χ0n) is 8.11. The minimum atomic E-state index is 0.779. The van der Waals surface area contributed by atoms with Crippen LogP contribution in [0.3, 0.4) is 0 Å². The topological polar surface area (TPSA) is 25.8 Å². The third kappa shape index (κ3) is 3.19. The molecule has 0 bridgehead atoms. The summed E-state index contributed by atoms with van der Waals surface area (Å²) in [5, 5.41) is 9.80. The molecule has 78 valence electrons. The number of rotatable bonds is 3. The molecule has 1 aromatic carbocycles. The summed E-state index contributed by atoms with van der Waals surface area (Å²) in [7, 11) is 0. The number of benzene rings is 1. The smallest absolute Gasteiger partial charge is 0.143 e. The van der Waals surface area contributed by atoms with Crippen molar-refractivity contribution in [2.45, 2.75) is 17.0 Å². The lowest BCUT2D eigenvalue weighted by molar-refractivity contribution is 0.983. The standard InChI is InChI=1S/C10H9ClN2S2/c1-7-12-13-10(15-7)14-6-8-3-2-4-9(11)5-8/h2-5H,6H2,1H3. The van der Waals surface area contributed by atoms with Crippen LogP contribution in [0.15, 0.2) is 28.6 Å². The summed E-state index contributed by atoms with van der Waals surface area (Å²) >= 11 is 9.20. The van der Waals surface area contributed by atoms with E-state index in [-0.39, 0.29) is 0 Å². The molecule has 1 heterocycles. The second kappa shape index (κ2) is 4.96. The van der Waals surface area contributed by atoms with Crippen molar-refractivity contribution in [2.75, 3.05) is 0 Å². The molecule has 0 amide bonds. The molecular formula is C10H9ClN2S2. The van der Waals surface area contributed by atoms with Crippen LogP contribution in [0, 0.1) is 6.92 Å². The van der Waals surface area contributed by atoms with Gasteiger partial charge in [-0.15, -0.1) is 10.2 Å². The Morgan fingerprint density at radius 2 is 2.27 bits per heavy atom. The third-order valence-electron chi connectivity index (χ3n) is 1.76. The summed E-state index contributed by atoms with van der Waals surface area (Å²) in [5.74, 6) is 0.884. The highest BCUT2D eigenvalue weighted by atomic mass is 35.5. The van der Waals surface area contributed by atoms with E-state index in [2.05, 4.69) is 16.3 Å². The van der Waals surface area contributed by atoms with Gasteiger partial charge in [-0.3, -0.25) is 0 Å². The van der Waals surface area contributed by atoms with Crippen LogP contribution >= 0.6 is 34.7 Å². The highest BCUT2D eigenvalue weighted by Crippen LogP contribution is 2.26. The summed E-state index contributed by atoms with van der Waals surface area (Å²) in [6.07, 6.45) is 0. The van der Waals surface area contributed by atoms with Gasteiger partial charge < -0.3 is 0 Å². The number of hydrogen-bond donors (Lipinski definition) is 0. The number of halogens is 1. The Balaban J connectivity index is 1.99. The predicted molar refractivity (Wildman–Crippen MR) is 65.7 cm³/mol. The van der Waals surface area contributed by atoms with Crippen molar-refractivity contribution in [3.8, 4) is 0 Å². The highest BCUT2D eigenvalue weighted by molar-refractivity contribution is 8.00. The average Bonchev–Trinajstić information content (AvgIpc) is 2.62. The van der Waals surface area contributed by atoms with Crippen molar-refractivity contribution in [1.29, 1.82) is 0 Å². The molecule has 2 rings (SSSR count). The van der Waals surface area contributed by atoms with Gasteiger partial charge in [-0.05, 0) is 24.6 Å². The fourth-order valence-electron chi connectivity index (χ4n) is 1.11. The third-order valence-corrected chi connectivity index (χ3v) is 4.04. The highest BCUT2D eigenvalue weighted by Gasteiger charge is 2.02. The number of thioether (sulfide) groups is 1. The molecule has 0 spiro atoms. The van der Waals surface area contributed by atoms with Crippen LogP contribution in [-0.4, -0.2) is 10.2 Å². The van der Waals surface area contributed by atoms with Crippen LogP contribution in [0.4, 0.5) is 0 Å². The fraction of sp³-hybridized carbons (Fsp3) is 0.200. The maximum atomic E-state index is 5.90. The van der Waals surface area contributed by atoms with Crippen molar-refractivity contribution in [1.82, 2.24) is 10.2 Å². The summed E-state index contributed by atoms with van der Waals surface area (Å²) in [6, 6.07) is 7.88. The van der Waals surface area contributed by atoms with Crippen molar-refractivity contribution < 1.29 is 0 Å². The van der Waals surface area contributed by atoms with Crippen molar-refractivity contribution >= 4 is 34.7 Å². The van der Waals surface area contributed by atoms with E-state index in [0.717, 1.165) is 20.1 Å². The van der Waals surface area contributed by atoms with Crippen LogP contribution in [0.5, 0.6) is 0 Å². The molecule has 2 nitrogen and oxygen atoms in total. The summed E-state index contributed by atoms with van der Waals surface area (Å²) in [5.41, 5.74) is 1.21. The molecule has 0 aliphatic carbocycles. The molecule has 0 unspecified atom stereocenters. The monoisotopic (exact) mass is 256 g/mol. The van der Waals surface area contributed by atoms with Crippen LogP contribution in [-0.2, 0) is 5.75 Å². The van der Waals surface area contributed by atoms with E-state index in [1.807, 2.05) is 25.1 Å². The largest absolute Gasteiger partial charge is 0.174 e. The first-order valence-electron chi connectivity index (χ1n) is 4.41. The Bertz CT molecular complexity index is 456. The van der Waals surface area contributed by atoms with E-state index in [9.17, 15) is 0 Å². The van der Waals surface area contributed by atoms with Crippen molar-refractivity contribution in [3.63, 3.8) is 0 Å². The minimum absolute atomic E-state index is 0.779. The molecule has 15 heavy (non-hydrogen) atoms. The number of aromatic nitrogens is 2. The lowest BCUT2D eigenvalue weighted by atomic mass is 10.2. The van der Waals surface area contributed by atoms with E-state index < -0.39 is 0 Å². The molecule has 2 aromatic rings. The molecular weight excluding hydrogens is 248 g/mol. The van der Waals surface area contributed by atoms with Crippen molar-refractivity contribution in [2.24, 2.45) is 0 Å². The SMILES string of the molecule is Cc1nnc(SCc2cccc(Cl)c2)s1. The molecule has 0 aliphatic heterocycles. The lowest BCUT2D eigenvalue weighted by Gasteiger charge is -1.98. The Kier molecular flexibility index (Phi) is 3.61. The van der Waals surface area contributed by atoms with Crippen molar-refractivity contribution in [3.05, 3.63) is 39.9 Å². The number of aryl methyl sites for hydroxylation is 1. The van der Waals surface area contributed by atoms with Gasteiger partial charge in [0.05, 0.1) is 0 Å². The maximum Gasteiger partial charge on any atom is 0.174 e. The normalized spacial score (nSPS) is 10.5. The molecule has 0 aliphatic rings. The Morgan fingerprint density at radius 1 is 1.40 bits per heavy atom. The van der Waals surface area contributed by atoms with Crippen LogP contribution < -0.4 is 0 Å². The van der Waals surface area contributed by atoms with Gasteiger partial charge in [-0.2, -0.15) is 0 Å². The Hall–Kier alpha value is -0.580. The minimum Gasteiger partial charge on any atom is -0.143 e. The van der Waals surface area contributed by atoms with Gasteiger partial charge in [0.15, 0.2) is 4.34 Å². The molecule has 0 saturated heterocycles. The lowest BCUT2D eigenvalue weighted by Crippen LogP contribution is -1.79. The quantitative estimate of drug-likeness (QED) is 0.782. The second-order valence-corrected chi connectivity index (χ2v) is 5.85.